The van der Waals surface area contributed by atoms with Crippen LogP contribution in [0.25, 0.3) is 11.3 Å². The minimum Gasteiger partial charge on any atom is -0.372 e. The molecule has 0 saturated carbocycles. The third kappa shape index (κ3) is 4.18. The minimum atomic E-state index is -0.196. The van der Waals surface area contributed by atoms with Crippen LogP contribution >= 0.6 is 0 Å². The second kappa shape index (κ2) is 8.26. The summed E-state index contributed by atoms with van der Waals surface area (Å²) >= 11 is 0. The van der Waals surface area contributed by atoms with E-state index in [-0.39, 0.29) is 17.9 Å². The van der Waals surface area contributed by atoms with Gasteiger partial charge in [0.1, 0.15) is 0 Å². The van der Waals surface area contributed by atoms with E-state index in [1.54, 1.807) is 31.6 Å². The van der Waals surface area contributed by atoms with Crippen LogP contribution in [-0.2, 0) is 7.05 Å². The van der Waals surface area contributed by atoms with E-state index >= 15 is 0 Å². The predicted octanol–water partition coefficient (Wildman–Crippen LogP) is 2.74. The summed E-state index contributed by atoms with van der Waals surface area (Å²) in [6.07, 6.45) is 5.68. The number of Topliss-reactive ketones (excluding diaryl/α,β-unsaturated/α-hetero) is 1. The summed E-state index contributed by atoms with van der Waals surface area (Å²) in [4.78, 5) is 35.8. The number of pyridine rings is 1. The van der Waals surface area contributed by atoms with Crippen LogP contribution in [0.4, 0.5) is 11.6 Å². The van der Waals surface area contributed by atoms with Gasteiger partial charge in [0.25, 0.3) is 5.56 Å². The van der Waals surface area contributed by atoms with E-state index in [0.29, 0.717) is 17.2 Å². The molecule has 1 aliphatic heterocycles. The van der Waals surface area contributed by atoms with Crippen LogP contribution in [0.3, 0.4) is 0 Å². The van der Waals surface area contributed by atoms with Crippen molar-refractivity contribution in [1.82, 2.24) is 14.5 Å². The molecule has 1 N–H and O–H groups in total. The Labute approximate surface area is 169 Å². The fraction of sp³-hybridized carbons (Fsp3) is 0.273. The number of anilines is 2. The third-order valence-corrected chi connectivity index (χ3v) is 5.16. The molecule has 0 aliphatic carbocycles. The summed E-state index contributed by atoms with van der Waals surface area (Å²) in [7, 11) is 1.63. The molecule has 0 radical (unpaired) electrons. The fourth-order valence-corrected chi connectivity index (χ4v) is 3.48. The van der Waals surface area contributed by atoms with Crippen molar-refractivity contribution in [3.8, 4) is 11.3 Å². The number of nitrogens with zero attached hydrogens (tertiary/aromatic N) is 4. The summed E-state index contributed by atoms with van der Waals surface area (Å²) in [5.74, 6) is 0.308. The Morgan fingerprint density at radius 2 is 1.86 bits per heavy atom. The molecular formula is C22H23N5O2. The topological polar surface area (TPSA) is 80.1 Å². The van der Waals surface area contributed by atoms with Gasteiger partial charge in [0.05, 0.1) is 12.2 Å². The highest BCUT2D eigenvalue weighted by Crippen LogP contribution is 2.21. The number of nitrogens with one attached hydrogen (secondary N) is 1. The molecule has 0 unspecified atom stereocenters. The van der Waals surface area contributed by atoms with Gasteiger partial charge in [-0.1, -0.05) is 12.1 Å². The predicted molar refractivity (Wildman–Crippen MR) is 113 cm³/mol. The number of rotatable bonds is 6. The van der Waals surface area contributed by atoms with Gasteiger partial charge in [-0.05, 0) is 37.1 Å². The lowest BCUT2D eigenvalue weighted by atomic mass is 10.1. The van der Waals surface area contributed by atoms with Gasteiger partial charge in [0, 0.05) is 55.4 Å². The summed E-state index contributed by atoms with van der Waals surface area (Å²) in [6.45, 7) is 2.12. The zero-order valence-corrected chi connectivity index (χ0v) is 16.3. The maximum absolute atomic E-state index is 12.7. The van der Waals surface area contributed by atoms with Gasteiger partial charge in [-0.2, -0.15) is 0 Å². The monoisotopic (exact) mass is 389 g/mol. The highest BCUT2D eigenvalue weighted by atomic mass is 16.1. The first-order valence-electron chi connectivity index (χ1n) is 9.72. The Hall–Kier alpha value is -3.48. The molecule has 7 nitrogen and oxygen atoms in total. The first kappa shape index (κ1) is 18.9. The maximum atomic E-state index is 12.7. The van der Waals surface area contributed by atoms with Crippen molar-refractivity contribution in [2.75, 3.05) is 29.9 Å². The van der Waals surface area contributed by atoms with Crippen molar-refractivity contribution in [3.63, 3.8) is 0 Å². The van der Waals surface area contributed by atoms with E-state index in [4.69, 9.17) is 0 Å². The molecule has 0 atom stereocenters. The normalized spacial score (nSPS) is 13.5. The van der Waals surface area contributed by atoms with Gasteiger partial charge in [-0.3, -0.25) is 19.1 Å². The van der Waals surface area contributed by atoms with Crippen LogP contribution in [0.5, 0.6) is 0 Å². The largest absolute Gasteiger partial charge is 0.372 e. The minimum absolute atomic E-state index is 0.0467. The van der Waals surface area contributed by atoms with Crippen molar-refractivity contribution in [2.24, 2.45) is 7.05 Å². The lowest BCUT2D eigenvalue weighted by molar-refractivity contribution is 0.101. The van der Waals surface area contributed by atoms with Crippen LogP contribution in [0, 0.1) is 0 Å². The van der Waals surface area contributed by atoms with Gasteiger partial charge in [0.15, 0.2) is 5.78 Å². The summed E-state index contributed by atoms with van der Waals surface area (Å²) in [6, 6.07) is 12.8. The molecule has 148 valence electrons. The van der Waals surface area contributed by atoms with E-state index < -0.39 is 0 Å². The third-order valence-electron chi connectivity index (χ3n) is 5.16. The molecule has 1 saturated heterocycles. The number of hydrogen-bond donors (Lipinski definition) is 1. The van der Waals surface area contributed by atoms with E-state index in [0.717, 1.165) is 24.3 Å². The summed E-state index contributed by atoms with van der Waals surface area (Å²) < 4.78 is 1.40. The Morgan fingerprint density at radius 1 is 1.10 bits per heavy atom. The molecule has 1 aromatic carbocycles. The molecular weight excluding hydrogens is 366 g/mol. The molecule has 3 heterocycles. The molecule has 2 aromatic heterocycles. The number of benzene rings is 1. The Bertz CT molecular complexity index is 1070. The van der Waals surface area contributed by atoms with Crippen LogP contribution in [0.2, 0.25) is 0 Å². The summed E-state index contributed by atoms with van der Waals surface area (Å²) in [5, 5.41) is 3.02. The van der Waals surface area contributed by atoms with Crippen molar-refractivity contribution in [1.29, 1.82) is 0 Å². The van der Waals surface area contributed by atoms with Crippen molar-refractivity contribution in [2.45, 2.75) is 12.8 Å². The fourth-order valence-electron chi connectivity index (χ4n) is 3.48. The van der Waals surface area contributed by atoms with Crippen LogP contribution in [0.1, 0.15) is 23.2 Å². The van der Waals surface area contributed by atoms with E-state index in [9.17, 15) is 9.59 Å². The molecule has 7 heteroatoms. The van der Waals surface area contributed by atoms with Crippen LogP contribution in [-0.4, -0.2) is 40.0 Å². The molecule has 0 bridgehead atoms. The second-order valence-electron chi connectivity index (χ2n) is 7.12. The van der Waals surface area contributed by atoms with Crippen LogP contribution < -0.4 is 15.8 Å². The van der Waals surface area contributed by atoms with Crippen molar-refractivity contribution >= 4 is 17.4 Å². The quantitative estimate of drug-likeness (QED) is 0.653. The zero-order chi connectivity index (χ0) is 20.2. The standard InChI is InChI=1S/C22H23N5O2/c1-26-21(29)14-19(16-7-9-23-10-8-16)25-22(26)24-15-20(28)17-5-4-6-18(13-17)27-11-2-3-12-27/h4-10,13-14H,2-3,11-12,15H2,1H3,(H,24,25). The van der Waals surface area contributed by atoms with Gasteiger partial charge in [-0.25, -0.2) is 4.98 Å². The summed E-state index contributed by atoms with van der Waals surface area (Å²) in [5.41, 5.74) is 2.88. The molecule has 1 fully saturated rings. The molecule has 0 spiro atoms. The molecule has 29 heavy (non-hydrogen) atoms. The van der Waals surface area contributed by atoms with Gasteiger partial charge < -0.3 is 10.2 Å². The smallest absolute Gasteiger partial charge is 0.255 e. The van der Waals surface area contributed by atoms with Crippen molar-refractivity contribution in [3.05, 3.63) is 70.8 Å². The Kier molecular flexibility index (Phi) is 5.37. The van der Waals surface area contributed by atoms with E-state index in [1.165, 1.54) is 23.5 Å². The first-order valence-corrected chi connectivity index (χ1v) is 9.72. The highest BCUT2D eigenvalue weighted by Gasteiger charge is 2.15. The number of aromatic nitrogens is 3. The van der Waals surface area contributed by atoms with Crippen LogP contribution in [0.15, 0.2) is 59.7 Å². The maximum Gasteiger partial charge on any atom is 0.255 e. The highest BCUT2D eigenvalue weighted by molar-refractivity contribution is 5.99. The van der Waals surface area contributed by atoms with E-state index in [2.05, 4.69) is 20.2 Å². The average Bonchev–Trinajstić information content (AvgIpc) is 3.30. The lowest BCUT2D eigenvalue weighted by Crippen LogP contribution is -2.25. The van der Waals surface area contributed by atoms with E-state index in [1.807, 2.05) is 24.3 Å². The SMILES string of the molecule is Cn1c(NCC(=O)c2cccc(N3CCCC3)c2)nc(-c2ccncc2)cc1=O. The first-order chi connectivity index (χ1) is 14.1. The average molecular weight is 389 g/mol. The lowest BCUT2D eigenvalue weighted by Gasteiger charge is -2.18. The molecule has 1 aliphatic rings. The van der Waals surface area contributed by atoms with Gasteiger partial charge >= 0.3 is 0 Å². The molecule has 4 rings (SSSR count). The number of hydrogen-bond acceptors (Lipinski definition) is 6. The number of ketones is 1. The number of carbonyl (C=O) groups excluding carboxylic acids is 1. The van der Waals surface area contributed by atoms with Crippen molar-refractivity contribution < 1.29 is 4.79 Å². The second-order valence-corrected chi connectivity index (χ2v) is 7.12. The molecule has 0 amide bonds. The zero-order valence-electron chi connectivity index (χ0n) is 16.3. The van der Waals surface area contributed by atoms with Gasteiger partial charge in [-0.15, -0.1) is 0 Å². The molecule has 3 aromatic rings. The number of carbonyl (C=O) groups is 1. The van der Waals surface area contributed by atoms with Gasteiger partial charge in [0.2, 0.25) is 5.95 Å². The Balaban J connectivity index is 1.51. The Morgan fingerprint density at radius 3 is 2.62 bits per heavy atom.